The number of rotatable bonds is 8. The summed E-state index contributed by atoms with van der Waals surface area (Å²) in [5.74, 6) is -0.515. The number of carbonyl (C=O) groups excluding carboxylic acids is 2. The largest absolute Gasteiger partial charge is 0.458 e. The molecule has 1 aromatic heterocycles. The summed E-state index contributed by atoms with van der Waals surface area (Å²) in [6.45, 7) is 8.37. The SMILES string of the molecule is CC1C(c2nc(OCc3ccc(F)cc3)n(C(=O)C(C)(C)CO)n2)CN1C(=O)CN1CCOCC1. The number of aliphatic hydroxyl groups is 1. The summed E-state index contributed by atoms with van der Waals surface area (Å²) in [7, 11) is 0. The molecule has 11 heteroatoms. The van der Waals surface area contributed by atoms with Gasteiger partial charge in [0.15, 0.2) is 5.82 Å². The smallest absolute Gasteiger partial charge is 0.322 e. The lowest BCUT2D eigenvalue weighted by Gasteiger charge is -2.45. The fourth-order valence-electron chi connectivity index (χ4n) is 4.06. The number of carbonyl (C=O) groups is 2. The summed E-state index contributed by atoms with van der Waals surface area (Å²) in [4.78, 5) is 34.2. The van der Waals surface area contributed by atoms with Gasteiger partial charge in [0.2, 0.25) is 5.91 Å². The zero-order chi connectivity index (χ0) is 25.2. The van der Waals surface area contributed by atoms with E-state index in [0.717, 1.165) is 17.8 Å². The summed E-state index contributed by atoms with van der Waals surface area (Å²) in [6.07, 6.45) is 0. The van der Waals surface area contributed by atoms with E-state index in [-0.39, 0.29) is 42.9 Å². The number of benzene rings is 1. The average Bonchev–Trinajstić information content (AvgIpc) is 3.26. The van der Waals surface area contributed by atoms with Crippen molar-refractivity contribution in [2.45, 2.75) is 39.3 Å². The quantitative estimate of drug-likeness (QED) is 0.591. The van der Waals surface area contributed by atoms with Gasteiger partial charge in [0.25, 0.3) is 5.91 Å². The van der Waals surface area contributed by atoms with Crippen LogP contribution in [0.5, 0.6) is 6.01 Å². The van der Waals surface area contributed by atoms with Crippen molar-refractivity contribution in [1.82, 2.24) is 24.6 Å². The van der Waals surface area contributed by atoms with Crippen LogP contribution in [0.2, 0.25) is 0 Å². The number of hydrogen-bond acceptors (Lipinski definition) is 8. The number of morpholine rings is 1. The number of nitrogens with zero attached hydrogens (tertiary/aromatic N) is 5. The third kappa shape index (κ3) is 5.52. The predicted molar refractivity (Wildman–Crippen MR) is 123 cm³/mol. The first kappa shape index (κ1) is 25.2. The molecule has 1 amide bonds. The van der Waals surface area contributed by atoms with Crippen LogP contribution in [0, 0.1) is 11.2 Å². The van der Waals surface area contributed by atoms with E-state index in [2.05, 4.69) is 15.0 Å². The lowest BCUT2D eigenvalue weighted by Crippen LogP contribution is -2.58. The Bertz CT molecular complexity index is 1050. The summed E-state index contributed by atoms with van der Waals surface area (Å²) >= 11 is 0. The van der Waals surface area contributed by atoms with Gasteiger partial charge in [-0.25, -0.2) is 4.39 Å². The minimum absolute atomic E-state index is 0.00106. The highest BCUT2D eigenvalue weighted by Gasteiger charge is 2.43. The maximum atomic E-state index is 13.2. The Balaban J connectivity index is 1.48. The average molecular weight is 490 g/mol. The van der Waals surface area contributed by atoms with Gasteiger partial charge in [0.1, 0.15) is 12.4 Å². The van der Waals surface area contributed by atoms with E-state index in [9.17, 15) is 19.1 Å². The summed E-state index contributed by atoms with van der Waals surface area (Å²) in [6, 6.07) is 5.69. The first-order valence-corrected chi connectivity index (χ1v) is 11.8. The molecule has 3 heterocycles. The van der Waals surface area contributed by atoms with Crippen molar-refractivity contribution in [3.63, 3.8) is 0 Å². The summed E-state index contributed by atoms with van der Waals surface area (Å²) in [5.41, 5.74) is -0.391. The molecule has 2 saturated heterocycles. The van der Waals surface area contributed by atoms with Crippen molar-refractivity contribution in [2.24, 2.45) is 5.41 Å². The maximum absolute atomic E-state index is 13.2. The van der Waals surface area contributed by atoms with Crippen molar-refractivity contribution < 1.29 is 28.6 Å². The Morgan fingerprint density at radius 1 is 1.23 bits per heavy atom. The first-order chi connectivity index (χ1) is 16.7. The highest BCUT2D eigenvalue weighted by molar-refractivity contribution is 5.84. The van der Waals surface area contributed by atoms with E-state index in [0.29, 0.717) is 37.7 Å². The molecule has 2 aromatic rings. The highest BCUT2D eigenvalue weighted by Crippen LogP contribution is 2.34. The van der Waals surface area contributed by atoms with Gasteiger partial charge in [0.05, 0.1) is 37.7 Å². The van der Waals surface area contributed by atoms with Gasteiger partial charge in [-0.05, 0) is 38.5 Å². The molecule has 2 fully saturated rings. The number of amides is 1. The van der Waals surface area contributed by atoms with Crippen molar-refractivity contribution in [3.05, 3.63) is 41.5 Å². The molecular formula is C24H32FN5O5. The van der Waals surface area contributed by atoms with E-state index >= 15 is 0 Å². The summed E-state index contributed by atoms with van der Waals surface area (Å²) < 4.78 is 25.4. The van der Waals surface area contributed by atoms with Crippen LogP contribution in [-0.4, -0.2) is 93.5 Å². The van der Waals surface area contributed by atoms with Crippen molar-refractivity contribution >= 4 is 11.8 Å². The Morgan fingerprint density at radius 3 is 2.54 bits per heavy atom. The zero-order valence-corrected chi connectivity index (χ0v) is 20.3. The second kappa shape index (κ2) is 10.4. The number of aromatic nitrogens is 3. The molecule has 0 aliphatic carbocycles. The molecule has 0 saturated carbocycles. The minimum Gasteiger partial charge on any atom is -0.458 e. The third-order valence-electron chi connectivity index (χ3n) is 6.62. The van der Waals surface area contributed by atoms with Crippen molar-refractivity contribution in [2.75, 3.05) is 46.0 Å². The van der Waals surface area contributed by atoms with Crippen LogP contribution in [0.25, 0.3) is 0 Å². The molecule has 0 radical (unpaired) electrons. The van der Waals surface area contributed by atoms with E-state index in [1.807, 2.05) is 6.92 Å². The van der Waals surface area contributed by atoms with Crippen LogP contribution in [0.15, 0.2) is 24.3 Å². The molecule has 1 N–H and O–H groups in total. The molecule has 10 nitrogen and oxygen atoms in total. The van der Waals surface area contributed by atoms with Crippen LogP contribution < -0.4 is 4.74 Å². The molecule has 2 atom stereocenters. The lowest BCUT2D eigenvalue weighted by atomic mass is 9.89. The number of aliphatic hydroxyl groups excluding tert-OH is 1. The van der Waals surface area contributed by atoms with Gasteiger partial charge in [-0.2, -0.15) is 4.98 Å². The van der Waals surface area contributed by atoms with Crippen molar-refractivity contribution in [3.8, 4) is 6.01 Å². The minimum atomic E-state index is -1.09. The van der Waals surface area contributed by atoms with Gasteiger partial charge in [-0.1, -0.05) is 12.1 Å². The molecule has 2 unspecified atom stereocenters. The van der Waals surface area contributed by atoms with E-state index in [1.54, 1.807) is 30.9 Å². The normalized spacial score (nSPS) is 21.0. The fourth-order valence-corrected chi connectivity index (χ4v) is 4.06. The molecular weight excluding hydrogens is 457 g/mol. The molecule has 2 aliphatic heterocycles. The Morgan fingerprint density at radius 2 is 1.91 bits per heavy atom. The van der Waals surface area contributed by atoms with E-state index < -0.39 is 11.3 Å². The number of hydrogen-bond donors (Lipinski definition) is 1. The predicted octanol–water partition coefficient (Wildman–Crippen LogP) is 1.30. The van der Waals surface area contributed by atoms with Crippen LogP contribution in [0.1, 0.15) is 42.9 Å². The monoisotopic (exact) mass is 489 g/mol. The highest BCUT2D eigenvalue weighted by atomic mass is 19.1. The van der Waals surface area contributed by atoms with Crippen LogP contribution in [0.3, 0.4) is 0 Å². The number of ether oxygens (including phenoxy) is 2. The van der Waals surface area contributed by atoms with Gasteiger partial charge in [0, 0.05) is 25.7 Å². The van der Waals surface area contributed by atoms with Gasteiger partial charge < -0.3 is 19.5 Å². The maximum Gasteiger partial charge on any atom is 0.322 e. The Labute approximate surface area is 203 Å². The second-order valence-electron chi connectivity index (χ2n) is 9.71. The molecule has 0 spiro atoms. The summed E-state index contributed by atoms with van der Waals surface area (Å²) in [5, 5.41) is 14.1. The Kier molecular flexibility index (Phi) is 7.48. The van der Waals surface area contributed by atoms with Crippen LogP contribution in [-0.2, 0) is 16.1 Å². The molecule has 35 heavy (non-hydrogen) atoms. The lowest BCUT2D eigenvalue weighted by molar-refractivity contribution is -0.142. The zero-order valence-electron chi connectivity index (χ0n) is 20.3. The standard InChI is InChI=1S/C24H32FN5O5/c1-16-19(12-29(16)20(32)13-28-8-10-34-11-9-28)21-26-23(30(27-21)22(33)24(2,3)15-31)35-14-17-4-6-18(25)7-5-17/h4-7,16,19,31H,8-15H2,1-3H3. The van der Waals surface area contributed by atoms with E-state index in [4.69, 9.17) is 9.47 Å². The molecule has 0 bridgehead atoms. The number of halogens is 1. The van der Waals surface area contributed by atoms with Gasteiger partial charge >= 0.3 is 6.01 Å². The first-order valence-electron chi connectivity index (χ1n) is 11.8. The topological polar surface area (TPSA) is 110 Å². The number of likely N-dealkylation sites (tertiary alicyclic amines) is 1. The molecule has 2 aliphatic rings. The van der Waals surface area contributed by atoms with Crippen molar-refractivity contribution in [1.29, 1.82) is 0 Å². The Hall–Kier alpha value is -2.89. The third-order valence-corrected chi connectivity index (χ3v) is 6.62. The molecule has 1 aromatic carbocycles. The van der Waals surface area contributed by atoms with E-state index in [1.165, 1.54) is 12.1 Å². The van der Waals surface area contributed by atoms with Gasteiger partial charge in [-0.3, -0.25) is 14.5 Å². The second-order valence-corrected chi connectivity index (χ2v) is 9.71. The fraction of sp³-hybridized carbons (Fsp3) is 0.583. The molecule has 4 rings (SSSR count). The van der Waals surface area contributed by atoms with Crippen LogP contribution >= 0.6 is 0 Å². The van der Waals surface area contributed by atoms with Gasteiger partial charge in [-0.15, -0.1) is 9.78 Å². The molecule has 190 valence electrons. The van der Waals surface area contributed by atoms with Crippen LogP contribution in [0.4, 0.5) is 4.39 Å².